The summed E-state index contributed by atoms with van der Waals surface area (Å²) in [6.07, 6.45) is 0.924. The Morgan fingerprint density at radius 2 is 1.90 bits per heavy atom. The fourth-order valence-electron chi connectivity index (χ4n) is 2.57. The minimum absolute atomic E-state index is 0.0813. The Hall–Kier alpha value is -1.48. The molecule has 0 N–H and O–H groups in total. The van der Waals surface area contributed by atoms with E-state index in [1.807, 2.05) is 10.6 Å². The summed E-state index contributed by atoms with van der Waals surface area (Å²) in [5.74, 6) is 0.475. The number of pyridine rings is 1. The lowest BCUT2D eigenvalue weighted by atomic mass is 10.0. The molecule has 1 heterocycles. The number of hydrogen-bond acceptors (Lipinski definition) is 2. The first-order valence-corrected chi connectivity index (χ1v) is 8.05. The molecule has 2 aromatic rings. The van der Waals surface area contributed by atoms with Gasteiger partial charge in [0, 0.05) is 22.9 Å². The molecule has 21 heavy (non-hydrogen) atoms. The Morgan fingerprint density at radius 1 is 1.19 bits per heavy atom. The molecular weight excluding hydrogens is 278 g/mol. The Balaban J connectivity index is 2.77. The van der Waals surface area contributed by atoms with E-state index in [0.29, 0.717) is 5.75 Å². The fraction of sp³-hybridized carbons (Fsp3) is 0.389. The molecule has 0 radical (unpaired) electrons. The van der Waals surface area contributed by atoms with Crippen LogP contribution in [0.25, 0.3) is 11.3 Å². The zero-order valence-corrected chi connectivity index (χ0v) is 14.1. The summed E-state index contributed by atoms with van der Waals surface area (Å²) in [5, 5.41) is 0. The first kappa shape index (κ1) is 15.9. The van der Waals surface area contributed by atoms with Crippen LogP contribution in [0.2, 0.25) is 0 Å². The lowest BCUT2D eigenvalue weighted by Crippen LogP contribution is -2.27. The van der Waals surface area contributed by atoms with Gasteiger partial charge >= 0.3 is 0 Å². The number of aromatic nitrogens is 1. The number of rotatable bonds is 4. The first-order valence-electron chi connectivity index (χ1n) is 7.42. The lowest BCUT2D eigenvalue weighted by molar-refractivity contribution is 0.517. The monoisotopic (exact) mass is 301 g/mol. The van der Waals surface area contributed by atoms with E-state index in [2.05, 4.69) is 64.6 Å². The van der Waals surface area contributed by atoms with Crippen molar-refractivity contribution in [2.45, 2.75) is 45.9 Å². The van der Waals surface area contributed by atoms with Crippen LogP contribution in [0.15, 0.2) is 35.1 Å². The highest BCUT2D eigenvalue weighted by Crippen LogP contribution is 2.27. The lowest BCUT2D eigenvalue weighted by Gasteiger charge is -2.21. The van der Waals surface area contributed by atoms with Crippen molar-refractivity contribution >= 4 is 12.6 Å². The van der Waals surface area contributed by atoms with Gasteiger partial charge in [-0.1, -0.05) is 30.7 Å². The van der Waals surface area contributed by atoms with E-state index in [1.165, 1.54) is 11.1 Å². The number of aryl methyl sites for hydroxylation is 2. The Kier molecular flexibility index (Phi) is 4.94. The van der Waals surface area contributed by atoms with Crippen molar-refractivity contribution in [2.24, 2.45) is 0 Å². The van der Waals surface area contributed by atoms with Crippen LogP contribution in [0.4, 0.5) is 0 Å². The molecule has 1 atom stereocenters. The maximum absolute atomic E-state index is 12.7. The summed E-state index contributed by atoms with van der Waals surface area (Å²) >= 11 is 4.27. The van der Waals surface area contributed by atoms with E-state index in [1.54, 1.807) is 0 Å². The highest BCUT2D eigenvalue weighted by Gasteiger charge is 2.15. The normalized spacial score (nSPS) is 12.4. The van der Waals surface area contributed by atoms with E-state index >= 15 is 0 Å². The minimum Gasteiger partial charge on any atom is -0.305 e. The Bertz CT molecular complexity index is 703. The molecule has 2 nitrogen and oxygen atoms in total. The second-order valence-corrected chi connectivity index (χ2v) is 5.97. The number of hydrogen-bond donors (Lipinski definition) is 1. The zero-order valence-electron chi connectivity index (χ0n) is 13.2. The predicted molar refractivity (Wildman–Crippen MR) is 93.3 cm³/mol. The smallest absolute Gasteiger partial charge is 0.255 e. The maximum atomic E-state index is 12.7. The summed E-state index contributed by atoms with van der Waals surface area (Å²) in [5.41, 5.74) is 5.37. The van der Waals surface area contributed by atoms with Crippen molar-refractivity contribution in [2.75, 3.05) is 0 Å². The van der Waals surface area contributed by atoms with Gasteiger partial charge in [0.2, 0.25) is 0 Å². The van der Waals surface area contributed by atoms with Crippen LogP contribution >= 0.6 is 12.6 Å². The van der Waals surface area contributed by atoms with Gasteiger partial charge in [-0.3, -0.25) is 4.79 Å². The average molecular weight is 301 g/mol. The zero-order chi connectivity index (χ0) is 15.6. The van der Waals surface area contributed by atoms with Crippen molar-refractivity contribution in [3.05, 3.63) is 57.4 Å². The molecule has 3 heteroatoms. The minimum atomic E-state index is 0.0813. The molecule has 1 aromatic carbocycles. The maximum Gasteiger partial charge on any atom is 0.255 e. The molecule has 0 spiro atoms. The summed E-state index contributed by atoms with van der Waals surface area (Å²) in [6, 6.07) is 10.5. The largest absolute Gasteiger partial charge is 0.305 e. The van der Waals surface area contributed by atoms with E-state index in [0.717, 1.165) is 23.2 Å². The van der Waals surface area contributed by atoms with Crippen molar-refractivity contribution in [3.8, 4) is 11.3 Å². The van der Waals surface area contributed by atoms with Gasteiger partial charge in [-0.15, -0.1) is 0 Å². The Morgan fingerprint density at radius 3 is 2.52 bits per heavy atom. The van der Waals surface area contributed by atoms with Gasteiger partial charge in [0.05, 0.1) is 5.69 Å². The SMILES string of the molecule is CCC(C)n1c(-c2cc(C)ccc2C)ccc(CS)c1=O. The molecule has 0 amide bonds. The number of thiol groups is 1. The van der Waals surface area contributed by atoms with Crippen molar-refractivity contribution in [3.63, 3.8) is 0 Å². The van der Waals surface area contributed by atoms with Crippen LogP contribution < -0.4 is 5.56 Å². The summed E-state index contributed by atoms with van der Waals surface area (Å²) in [7, 11) is 0. The molecular formula is C18H23NOS. The molecule has 0 aliphatic heterocycles. The van der Waals surface area contributed by atoms with E-state index in [4.69, 9.17) is 0 Å². The second kappa shape index (κ2) is 6.52. The molecule has 1 aromatic heterocycles. The van der Waals surface area contributed by atoms with Crippen LogP contribution in [0.3, 0.4) is 0 Å². The van der Waals surface area contributed by atoms with Crippen LogP contribution in [0.5, 0.6) is 0 Å². The van der Waals surface area contributed by atoms with Crippen LogP contribution in [-0.4, -0.2) is 4.57 Å². The average Bonchev–Trinajstić information content (AvgIpc) is 2.48. The van der Waals surface area contributed by atoms with E-state index in [9.17, 15) is 4.79 Å². The van der Waals surface area contributed by atoms with Gasteiger partial charge < -0.3 is 4.57 Å². The fourth-order valence-corrected chi connectivity index (χ4v) is 2.81. The quantitative estimate of drug-likeness (QED) is 0.823. The highest BCUT2D eigenvalue weighted by molar-refractivity contribution is 7.79. The van der Waals surface area contributed by atoms with E-state index in [-0.39, 0.29) is 11.6 Å². The van der Waals surface area contributed by atoms with Crippen molar-refractivity contribution in [1.29, 1.82) is 0 Å². The van der Waals surface area contributed by atoms with Gasteiger partial charge in [-0.2, -0.15) is 12.6 Å². The summed E-state index contributed by atoms with van der Waals surface area (Å²) in [4.78, 5) is 12.7. The molecule has 0 bridgehead atoms. The first-order chi connectivity index (χ1) is 9.99. The third kappa shape index (κ3) is 3.08. The van der Waals surface area contributed by atoms with Gasteiger partial charge in [-0.05, 0) is 44.9 Å². The van der Waals surface area contributed by atoms with Crippen LogP contribution in [-0.2, 0) is 5.75 Å². The summed E-state index contributed by atoms with van der Waals surface area (Å²) < 4.78 is 1.92. The third-order valence-electron chi connectivity index (χ3n) is 4.07. The van der Waals surface area contributed by atoms with Gasteiger partial charge in [0.1, 0.15) is 0 Å². The molecule has 112 valence electrons. The Labute approximate surface area is 132 Å². The molecule has 0 saturated heterocycles. The number of nitrogens with zero attached hydrogens (tertiary/aromatic N) is 1. The van der Waals surface area contributed by atoms with Crippen molar-refractivity contribution < 1.29 is 0 Å². The molecule has 0 saturated carbocycles. The second-order valence-electron chi connectivity index (χ2n) is 5.65. The van der Waals surface area contributed by atoms with Crippen LogP contribution in [0, 0.1) is 13.8 Å². The van der Waals surface area contributed by atoms with Gasteiger partial charge in [0.15, 0.2) is 0 Å². The molecule has 1 unspecified atom stereocenters. The standard InChI is InChI=1S/C18H23NOS/c1-5-14(4)19-17(9-8-15(11-21)18(19)20)16-10-12(2)6-7-13(16)3/h6-10,14,21H,5,11H2,1-4H3. The van der Waals surface area contributed by atoms with Gasteiger partial charge in [0.25, 0.3) is 5.56 Å². The predicted octanol–water partition coefficient (Wildman–Crippen LogP) is 4.53. The summed E-state index contributed by atoms with van der Waals surface area (Å²) in [6.45, 7) is 8.37. The van der Waals surface area contributed by atoms with E-state index < -0.39 is 0 Å². The van der Waals surface area contributed by atoms with Crippen molar-refractivity contribution in [1.82, 2.24) is 4.57 Å². The molecule has 2 rings (SSSR count). The molecule has 0 aliphatic carbocycles. The van der Waals surface area contributed by atoms with Crippen LogP contribution in [0.1, 0.15) is 43.0 Å². The van der Waals surface area contributed by atoms with Gasteiger partial charge in [-0.25, -0.2) is 0 Å². The number of benzene rings is 1. The molecule has 0 aliphatic rings. The molecule has 0 fully saturated rings. The highest BCUT2D eigenvalue weighted by atomic mass is 32.1. The topological polar surface area (TPSA) is 22.0 Å². The third-order valence-corrected chi connectivity index (χ3v) is 4.41.